The van der Waals surface area contributed by atoms with E-state index in [0.29, 0.717) is 17.9 Å². The monoisotopic (exact) mass is 445 g/mol. The van der Waals surface area contributed by atoms with Crippen LogP contribution in [0, 0.1) is 0 Å². The summed E-state index contributed by atoms with van der Waals surface area (Å²) in [7, 11) is -3.80. The standard InChI is InChI=1S/C21H20ClN3O4S/c22-17-6-10-19(11-7-17)30(27,28)25-14-1-3-20(25)21(26)29-15-16-4-8-18(9-5-16)24-13-2-12-23-24/h2,4-13,20H,1,3,14-15H2/t20-/m0/s1. The first-order valence-corrected chi connectivity index (χ1v) is 11.3. The van der Waals surface area contributed by atoms with Crippen molar-refractivity contribution in [1.29, 1.82) is 0 Å². The highest BCUT2D eigenvalue weighted by molar-refractivity contribution is 7.89. The van der Waals surface area contributed by atoms with Gasteiger partial charge in [0.15, 0.2) is 0 Å². The van der Waals surface area contributed by atoms with Crippen LogP contribution in [-0.4, -0.2) is 41.1 Å². The molecule has 156 valence electrons. The van der Waals surface area contributed by atoms with Gasteiger partial charge in [-0.25, -0.2) is 13.1 Å². The van der Waals surface area contributed by atoms with Gasteiger partial charge >= 0.3 is 5.97 Å². The van der Waals surface area contributed by atoms with Crippen molar-refractivity contribution in [3.05, 3.63) is 77.6 Å². The van der Waals surface area contributed by atoms with Gasteiger partial charge in [0.25, 0.3) is 0 Å². The SMILES string of the molecule is O=C(OCc1ccc(-n2cccn2)cc1)[C@@H]1CCCN1S(=O)(=O)c1ccc(Cl)cc1. The van der Waals surface area contributed by atoms with Crippen LogP contribution in [0.25, 0.3) is 5.69 Å². The number of ether oxygens (including phenoxy) is 1. The highest BCUT2D eigenvalue weighted by Gasteiger charge is 2.40. The highest BCUT2D eigenvalue weighted by Crippen LogP contribution is 2.27. The van der Waals surface area contributed by atoms with E-state index < -0.39 is 22.0 Å². The van der Waals surface area contributed by atoms with E-state index in [9.17, 15) is 13.2 Å². The first-order valence-electron chi connectivity index (χ1n) is 9.48. The van der Waals surface area contributed by atoms with Gasteiger partial charge in [-0.2, -0.15) is 9.40 Å². The molecule has 1 aliphatic rings. The van der Waals surface area contributed by atoms with Crippen molar-refractivity contribution in [3.63, 3.8) is 0 Å². The second kappa shape index (κ2) is 8.59. The van der Waals surface area contributed by atoms with E-state index in [-0.39, 0.29) is 18.0 Å². The first-order chi connectivity index (χ1) is 14.4. The van der Waals surface area contributed by atoms with Gasteiger partial charge in [0.2, 0.25) is 10.0 Å². The van der Waals surface area contributed by atoms with Gasteiger partial charge in [0.05, 0.1) is 10.6 Å². The van der Waals surface area contributed by atoms with E-state index in [2.05, 4.69) is 5.10 Å². The van der Waals surface area contributed by atoms with Crippen LogP contribution in [0.5, 0.6) is 0 Å². The van der Waals surface area contributed by atoms with Gasteiger partial charge in [0.1, 0.15) is 12.6 Å². The van der Waals surface area contributed by atoms with Crippen LogP contribution < -0.4 is 0 Å². The van der Waals surface area contributed by atoms with Crippen molar-refractivity contribution in [2.45, 2.75) is 30.4 Å². The topological polar surface area (TPSA) is 81.5 Å². The van der Waals surface area contributed by atoms with E-state index in [1.807, 2.05) is 36.5 Å². The molecule has 0 N–H and O–H groups in total. The third-order valence-electron chi connectivity index (χ3n) is 4.98. The van der Waals surface area contributed by atoms with Crippen molar-refractivity contribution in [3.8, 4) is 5.69 Å². The number of hydrogen-bond donors (Lipinski definition) is 0. The fourth-order valence-electron chi connectivity index (χ4n) is 3.42. The van der Waals surface area contributed by atoms with Crippen LogP contribution in [-0.2, 0) is 26.2 Å². The van der Waals surface area contributed by atoms with Crippen LogP contribution in [0.15, 0.2) is 71.9 Å². The van der Waals surface area contributed by atoms with Crippen LogP contribution in [0.1, 0.15) is 18.4 Å². The Morgan fingerprint density at radius 3 is 2.53 bits per heavy atom. The molecule has 0 radical (unpaired) electrons. The summed E-state index contributed by atoms with van der Waals surface area (Å²) in [6, 6.07) is 14.4. The van der Waals surface area contributed by atoms with Crippen molar-refractivity contribution < 1.29 is 17.9 Å². The summed E-state index contributed by atoms with van der Waals surface area (Å²) in [6.45, 7) is 0.354. The number of aromatic nitrogens is 2. The number of carbonyl (C=O) groups excluding carboxylic acids is 1. The Balaban J connectivity index is 1.42. The molecule has 0 bridgehead atoms. The summed E-state index contributed by atoms with van der Waals surface area (Å²) in [4.78, 5) is 12.8. The molecular weight excluding hydrogens is 426 g/mol. The normalized spacial score (nSPS) is 17.2. The summed E-state index contributed by atoms with van der Waals surface area (Å²) in [5.41, 5.74) is 1.70. The minimum atomic E-state index is -3.80. The predicted molar refractivity (Wildman–Crippen MR) is 112 cm³/mol. The van der Waals surface area contributed by atoms with E-state index in [1.165, 1.54) is 28.6 Å². The molecular formula is C21H20ClN3O4S. The lowest BCUT2D eigenvalue weighted by Crippen LogP contribution is -2.41. The fourth-order valence-corrected chi connectivity index (χ4v) is 5.20. The molecule has 2 heterocycles. The van der Waals surface area contributed by atoms with Gasteiger partial charge in [-0.3, -0.25) is 4.79 Å². The minimum absolute atomic E-state index is 0.0730. The molecule has 1 aliphatic heterocycles. The molecule has 7 nitrogen and oxygen atoms in total. The van der Waals surface area contributed by atoms with Crippen LogP contribution in [0.4, 0.5) is 0 Å². The molecule has 1 aromatic heterocycles. The molecule has 30 heavy (non-hydrogen) atoms. The number of rotatable bonds is 6. The second-order valence-corrected chi connectivity index (χ2v) is 9.28. The van der Waals surface area contributed by atoms with Gasteiger partial charge in [-0.1, -0.05) is 23.7 Å². The average Bonchev–Trinajstić information content (AvgIpc) is 3.45. The molecule has 0 saturated carbocycles. The second-order valence-electron chi connectivity index (χ2n) is 6.95. The molecule has 0 aliphatic carbocycles. The molecule has 4 rings (SSSR count). The molecule has 9 heteroatoms. The maximum atomic E-state index is 13.0. The lowest BCUT2D eigenvalue weighted by atomic mass is 10.2. The number of nitrogens with zero attached hydrogens (tertiary/aromatic N) is 3. The number of esters is 1. The average molecular weight is 446 g/mol. The summed E-state index contributed by atoms with van der Waals surface area (Å²) < 4.78 is 34.3. The van der Waals surface area contributed by atoms with E-state index in [0.717, 1.165) is 11.3 Å². The van der Waals surface area contributed by atoms with E-state index >= 15 is 0 Å². The third kappa shape index (κ3) is 4.26. The van der Waals surface area contributed by atoms with Gasteiger partial charge in [-0.15, -0.1) is 0 Å². The predicted octanol–water partition coefficient (Wildman–Crippen LogP) is 3.42. The number of carbonyl (C=O) groups is 1. The Hall–Kier alpha value is -2.68. The maximum absolute atomic E-state index is 13.0. The number of halogens is 1. The van der Waals surface area contributed by atoms with Gasteiger partial charge < -0.3 is 4.74 Å². The zero-order valence-corrected chi connectivity index (χ0v) is 17.6. The van der Waals surface area contributed by atoms with Gasteiger partial charge in [0, 0.05) is 24.0 Å². The summed E-state index contributed by atoms with van der Waals surface area (Å²) in [6.07, 6.45) is 4.57. The quantitative estimate of drug-likeness (QED) is 0.543. The minimum Gasteiger partial charge on any atom is -0.460 e. The summed E-state index contributed by atoms with van der Waals surface area (Å²) in [5, 5.41) is 4.61. The van der Waals surface area contributed by atoms with Crippen molar-refractivity contribution in [2.24, 2.45) is 0 Å². The van der Waals surface area contributed by atoms with E-state index in [1.54, 1.807) is 10.9 Å². The Bertz CT molecular complexity index is 1110. The summed E-state index contributed by atoms with van der Waals surface area (Å²) in [5.74, 6) is -0.541. The van der Waals surface area contributed by atoms with Crippen molar-refractivity contribution >= 4 is 27.6 Å². The van der Waals surface area contributed by atoms with Gasteiger partial charge in [-0.05, 0) is 60.9 Å². The lowest BCUT2D eigenvalue weighted by molar-refractivity contribution is -0.148. The Morgan fingerprint density at radius 2 is 1.87 bits per heavy atom. The smallest absolute Gasteiger partial charge is 0.324 e. The zero-order valence-electron chi connectivity index (χ0n) is 16.0. The molecule has 1 atom stereocenters. The maximum Gasteiger partial charge on any atom is 0.324 e. The molecule has 0 unspecified atom stereocenters. The Kier molecular flexibility index (Phi) is 5.90. The first kappa shape index (κ1) is 20.6. The Morgan fingerprint density at radius 1 is 1.13 bits per heavy atom. The zero-order chi connectivity index (χ0) is 21.1. The molecule has 2 aromatic carbocycles. The van der Waals surface area contributed by atoms with Crippen LogP contribution in [0.2, 0.25) is 5.02 Å². The fraction of sp³-hybridized carbons (Fsp3) is 0.238. The van der Waals surface area contributed by atoms with E-state index in [4.69, 9.17) is 16.3 Å². The number of benzene rings is 2. The Labute approximate surface area is 179 Å². The highest BCUT2D eigenvalue weighted by atomic mass is 35.5. The number of hydrogen-bond acceptors (Lipinski definition) is 5. The largest absolute Gasteiger partial charge is 0.460 e. The van der Waals surface area contributed by atoms with Crippen LogP contribution >= 0.6 is 11.6 Å². The summed E-state index contributed by atoms with van der Waals surface area (Å²) >= 11 is 5.85. The molecule has 0 amide bonds. The number of sulfonamides is 1. The lowest BCUT2D eigenvalue weighted by Gasteiger charge is -2.22. The molecule has 1 saturated heterocycles. The van der Waals surface area contributed by atoms with Crippen LogP contribution in [0.3, 0.4) is 0 Å². The van der Waals surface area contributed by atoms with Crippen molar-refractivity contribution in [1.82, 2.24) is 14.1 Å². The third-order valence-corrected chi connectivity index (χ3v) is 7.16. The van der Waals surface area contributed by atoms with Crippen molar-refractivity contribution in [2.75, 3.05) is 6.54 Å². The molecule has 1 fully saturated rings. The molecule has 3 aromatic rings. The molecule has 0 spiro atoms.